The van der Waals surface area contributed by atoms with Crippen LogP contribution in [-0.4, -0.2) is 24.2 Å². The molecule has 2 aromatic rings. The molecule has 0 radical (unpaired) electrons. The molecule has 6 nitrogen and oxygen atoms in total. The predicted molar refractivity (Wildman–Crippen MR) is 104 cm³/mol. The molecule has 2 aromatic carbocycles. The van der Waals surface area contributed by atoms with Gasteiger partial charge in [0.2, 0.25) is 0 Å². The van der Waals surface area contributed by atoms with Crippen LogP contribution in [0.2, 0.25) is 0 Å². The van der Waals surface area contributed by atoms with Crippen molar-refractivity contribution in [3.63, 3.8) is 0 Å². The van der Waals surface area contributed by atoms with E-state index < -0.39 is 24.5 Å². The second-order valence-corrected chi connectivity index (χ2v) is 8.47. The second kappa shape index (κ2) is 7.70. The summed E-state index contributed by atoms with van der Waals surface area (Å²) in [6.45, 7) is 3.14. The summed E-state index contributed by atoms with van der Waals surface area (Å²) in [5.74, 6) is -1.74. The van der Waals surface area contributed by atoms with Crippen LogP contribution in [0.1, 0.15) is 35.7 Å². The summed E-state index contributed by atoms with van der Waals surface area (Å²) in [5, 5.41) is 17.8. The molecule has 1 aliphatic carbocycles. The minimum Gasteiger partial charge on any atom is -0.307 e. The van der Waals surface area contributed by atoms with Crippen LogP contribution in [-0.2, 0) is 13.6 Å². The molecule has 0 bridgehead atoms. The quantitative estimate of drug-likeness (QED) is 0.659. The number of nitriles is 2. The molecule has 7 heteroatoms. The first-order valence-corrected chi connectivity index (χ1v) is 10.5. The summed E-state index contributed by atoms with van der Waals surface area (Å²) >= 11 is 0. The molecule has 0 saturated heterocycles. The molecule has 142 valence electrons. The molecule has 0 aliphatic heterocycles. The third-order valence-corrected chi connectivity index (χ3v) is 7.32. The van der Waals surface area contributed by atoms with Crippen molar-refractivity contribution in [2.75, 3.05) is 13.2 Å². The van der Waals surface area contributed by atoms with E-state index in [0.29, 0.717) is 16.7 Å². The summed E-state index contributed by atoms with van der Waals surface area (Å²) in [4.78, 5) is 13.5. The van der Waals surface area contributed by atoms with Crippen LogP contribution in [0.15, 0.2) is 48.5 Å². The lowest BCUT2D eigenvalue weighted by Gasteiger charge is -2.36. The Kier molecular flexibility index (Phi) is 5.49. The summed E-state index contributed by atoms with van der Waals surface area (Å²) in [7, 11) is -4.28. The zero-order chi connectivity index (χ0) is 20.4. The van der Waals surface area contributed by atoms with Crippen molar-refractivity contribution < 1.29 is 18.4 Å². The van der Waals surface area contributed by atoms with Crippen LogP contribution in [0.25, 0.3) is 11.1 Å². The average Bonchev–Trinajstić information content (AvgIpc) is 2.71. The van der Waals surface area contributed by atoms with E-state index in [4.69, 9.17) is 9.05 Å². The predicted octanol–water partition coefficient (Wildman–Crippen LogP) is 4.69. The van der Waals surface area contributed by atoms with Crippen molar-refractivity contribution in [2.24, 2.45) is 0 Å². The molecule has 1 aliphatic rings. The Morgan fingerprint density at radius 1 is 0.929 bits per heavy atom. The van der Waals surface area contributed by atoms with Gasteiger partial charge in [0.25, 0.3) is 5.16 Å². The number of carbonyl (C=O) groups is 1. The number of Topliss-reactive ketones (excluding diaryl/α,β-unsaturated/α-hetero) is 1. The number of fused-ring (bicyclic) bond motifs is 3. The van der Waals surface area contributed by atoms with Gasteiger partial charge >= 0.3 is 7.60 Å². The van der Waals surface area contributed by atoms with E-state index in [2.05, 4.69) is 0 Å². The van der Waals surface area contributed by atoms with Gasteiger partial charge in [-0.25, -0.2) is 0 Å². The summed E-state index contributed by atoms with van der Waals surface area (Å²) in [5.41, 5.74) is 2.28. The van der Waals surface area contributed by atoms with Crippen LogP contribution in [0.4, 0.5) is 0 Å². The van der Waals surface area contributed by atoms with Crippen molar-refractivity contribution in [3.8, 4) is 23.3 Å². The van der Waals surface area contributed by atoms with Crippen LogP contribution in [0, 0.1) is 22.7 Å². The molecule has 0 N–H and O–H groups in total. The molecule has 0 heterocycles. The van der Waals surface area contributed by atoms with Crippen molar-refractivity contribution in [1.82, 2.24) is 0 Å². The Morgan fingerprint density at radius 3 is 1.96 bits per heavy atom. The van der Waals surface area contributed by atoms with Crippen LogP contribution < -0.4 is 0 Å². The van der Waals surface area contributed by atoms with Crippen LogP contribution >= 0.6 is 7.60 Å². The maximum absolute atomic E-state index is 13.6. The number of nitrogens with zero attached hydrogens (tertiary/aromatic N) is 2. The van der Waals surface area contributed by atoms with Crippen molar-refractivity contribution >= 4 is 13.4 Å². The maximum atomic E-state index is 13.6. The monoisotopic (exact) mass is 394 g/mol. The fourth-order valence-corrected chi connectivity index (χ4v) is 5.63. The molecule has 1 unspecified atom stereocenters. The van der Waals surface area contributed by atoms with Gasteiger partial charge in [-0.05, 0) is 30.5 Å². The van der Waals surface area contributed by atoms with Gasteiger partial charge in [0.05, 0.1) is 31.3 Å². The first kappa shape index (κ1) is 20.0. The van der Waals surface area contributed by atoms with E-state index in [0.717, 1.165) is 5.56 Å². The van der Waals surface area contributed by atoms with Gasteiger partial charge in [0.15, 0.2) is 5.78 Å². The fourth-order valence-electron chi connectivity index (χ4n) is 3.65. The van der Waals surface area contributed by atoms with Gasteiger partial charge in [-0.15, -0.1) is 0 Å². The number of benzene rings is 2. The molecular weight excluding hydrogens is 375 g/mol. The minimum absolute atomic E-state index is 0.0263. The third-order valence-electron chi connectivity index (χ3n) is 4.81. The molecule has 1 atom stereocenters. The highest BCUT2D eigenvalue weighted by Gasteiger charge is 2.62. The molecule has 0 amide bonds. The second-order valence-electron chi connectivity index (χ2n) is 6.25. The van der Waals surface area contributed by atoms with Crippen LogP contribution in [0.5, 0.6) is 0 Å². The summed E-state index contributed by atoms with van der Waals surface area (Å²) in [6.07, 6.45) is 0. The highest BCUT2D eigenvalue weighted by Crippen LogP contribution is 2.66. The van der Waals surface area contributed by atoms with Crippen molar-refractivity contribution in [3.05, 3.63) is 59.7 Å². The Balaban J connectivity index is 2.34. The molecular formula is C21H19N2O4P. The number of hydrogen-bond acceptors (Lipinski definition) is 6. The van der Waals surface area contributed by atoms with E-state index in [1.807, 2.05) is 36.4 Å². The highest BCUT2D eigenvalue weighted by atomic mass is 31.2. The first-order valence-electron chi connectivity index (χ1n) is 8.93. The van der Waals surface area contributed by atoms with Gasteiger partial charge < -0.3 is 9.05 Å². The molecule has 3 rings (SSSR count). The zero-order valence-electron chi connectivity index (χ0n) is 15.6. The molecule has 0 spiro atoms. The fraction of sp³-hybridized carbons (Fsp3) is 0.286. The van der Waals surface area contributed by atoms with E-state index >= 15 is 0 Å². The Bertz CT molecular complexity index is 1030. The van der Waals surface area contributed by atoms with Gasteiger partial charge in [-0.3, -0.25) is 9.36 Å². The minimum atomic E-state index is -4.28. The van der Waals surface area contributed by atoms with Crippen molar-refractivity contribution in [1.29, 1.82) is 10.5 Å². The molecule has 0 aromatic heterocycles. The first-order chi connectivity index (χ1) is 13.5. The Labute approximate surface area is 163 Å². The highest BCUT2D eigenvalue weighted by molar-refractivity contribution is 7.56. The van der Waals surface area contributed by atoms with E-state index in [1.165, 1.54) is 0 Å². The van der Waals surface area contributed by atoms with Gasteiger partial charge in [0, 0.05) is 5.56 Å². The van der Waals surface area contributed by atoms with Gasteiger partial charge in [-0.1, -0.05) is 48.5 Å². The average molecular weight is 394 g/mol. The lowest BCUT2D eigenvalue weighted by Crippen LogP contribution is -2.41. The van der Waals surface area contributed by atoms with E-state index in [9.17, 15) is 19.9 Å². The molecule has 0 fully saturated rings. The Morgan fingerprint density at radius 2 is 1.43 bits per heavy atom. The molecule has 28 heavy (non-hydrogen) atoms. The normalized spacial score (nSPS) is 15.9. The SMILES string of the molecule is CCOP(=O)(OCC)C(C#N)(C#N)C1C(=O)c2ccccc2-c2ccccc21. The number of ketones is 1. The van der Waals surface area contributed by atoms with Gasteiger partial charge in [0.1, 0.15) is 0 Å². The number of rotatable bonds is 6. The summed E-state index contributed by atoms with van der Waals surface area (Å²) in [6, 6.07) is 17.7. The zero-order valence-corrected chi connectivity index (χ0v) is 16.5. The van der Waals surface area contributed by atoms with Crippen LogP contribution in [0.3, 0.4) is 0 Å². The van der Waals surface area contributed by atoms with Crippen molar-refractivity contribution in [2.45, 2.75) is 24.9 Å². The standard InChI is InChI=1S/C21H19N2O4P/c1-3-26-28(25,27-4-2)21(13-22,14-23)19-17-11-7-5-9-15(17)16-10-6-8-12-18(16)20(19)24/h5-12,19H,3-4H2,1-2H3. The number of hydrogen-bond donors (Lipinski definition) is 0. The summed E-state index contributed by atoms with van der Waals surface area (Å²) < 4.78 is 24.3. The topological polar surface area (TPSA) is 100 Å². The smallest absolute Gasteiger partial charge is 0.307 e. The lowest BCUT2D eigenvalue weighted by molar-refractivity contribution is 0.0941. The van der Waals surface area contributed by atoms with E-state index in [-0.39, 0.29) is 13.2 Å². The molecule has 0 saturated carbocycles. The maximum Gasteiger partial charge on any atom is 0.366 e. The largest absolute Gasteiger partial charge is 0.366 e. The lowest BCUT2D eigenvalue weighted by atomic mass is 9.72. The third kappa shape index (κ3) is 2.79. The number of carbonyl (C=O) groups excluding carboxylic acids is 1. The van der Waals surface area contributed by atoms with Gasteiger partial charge in [-0.2, -0.15) is 10.5 Å². The van der Waals surface area contributed by atoms with E-state index in [1.54, 1.807) is 38.1 Å². The Hall–Kier alpha value is -2.76.